The minimum atomic E-state index is -0.728. The largest absolute Gasteiger partial charge is 0.481 e. The number of allylic oxidation sites excluding steroid dienone is 2. The van der Waals surface area contributed by atoms with Gasteiger partial charge in [-0.25, -0.2) is 0 Å². The van der Waals surface area contributed by atoms with Gasteiger partial charge in [0.2, 0.25) is 0 Å². The molecule has 0 heterocycles. The van der Waals surface area contributed by atoms with Crippen LogP contribution in [0.1, 0.15) is 32.6 Å². The molecule has 13 heavy (non-hydrogen) atoms. The summed E-state index contributed by atoms with van der Waals surface area (Å²) in [5, 5.41) is 8.33. The van der Waals surface area contributed by atoms with Gasteiger partial charge in [-0.05, 0) is 44.1 Å². The molecular weight excluding hydrogens is 164 g/mol. The highest BCUT2D eigenvalue weighted by Gasteiger charge is 1.93. The average molecular weight is 178 g/mol. The lowest BCUT2D eigenvalue weighted by molar-refractivity contribution is -0.137. The van der Waals surface area contributed by atoms with Crippen LogP contribution in [0, 0.1) is 0 Å². The molecule has 0 bridgehead atoms. The summed E-state index contributed by atoms with van der Waals surface area (Å²) in [6, 6.07) is 0. The third-order valence-electron chi connectivity index (χ3n) is 1.38. The molecule has 2 nitrogen and oxygen atoms in total. The van der Waals surface area contributed by atoms with E-state index in [1.54, 1.807) is 6.08 Å². The van der Waals surface area contributed by atoms with Crippen LogP contribution in [0.4, 0.5) is 0 Å². The summed E-state index contributed by atoms with van der Waals surface area (Å²) in [6.07, 6.45) is 6.31. The molecule has 1 N–H and O–H groups in total. The zero-order valence-corrected chi connectivity index (χ0v) is 7.84. The zero-order valence-electron chi connectivity index (χ0n) is 7.84. The van der Waals surface area contributed by atoms with Gasteiger partial charge in [-0.1, -0.05) is 11.5 Å². The molecule has 0 aromatic rings. The molecule has 0 amide bonds. The predicted molar refractivity (Wildman–Crippen MR) is 51.5 cm³/mol. The van der Waals surface area contributed by atoms with Gasteiger partial charge in [-0.15, -0.1) is 0 Å². The van der Waals surface area contributed by atoms with Gasteiger partial charge in [-0.2, -0.15) is 0 Å². The maximum Gasteiger partial charge on any atom is 0.303 e. The van der Waals surface area contributed by atoms with Crippen molar-refractivity contribution in [3.8, 4) is 0 Å². The van der Waals surface area contributed by atoms with E-state index in [1.807, 2.05) is 13.0 Å². The Morgan fingerprint density at radius 3 is 2.77 bits per heavy atom. The highest BCUT2D eigenvalue weighted by atomic mass is 16.4. The van der Waals surface area contributed by atoms with Crippen LogP contribution in [-0.4, -0.2) is 11.1 Å². The minimum Gasteiger partial charge on any atom is -0.481 e. The van der Waals surface area contributed by atoms with Gasteiger partial charge in [0.05, 0.1) is 0 Å². The quantitative estimate of drug-likeness (QED) is 0.519. The molecule has 0 atom stereocenters. The Morgan fingerprint density at radius 2 is 2.15 bits per heavy atom. The second-order valence-electron chi connectivity index (χ2n) is 2.55. The van der Waals surface area contributed by atoms with E-state index in [2.05, 4.69) is 17.2 Å². The fourth-order valence-electron chi connectivity index (χ4n) is 0.760. The molecule has 0 aliphatic rings. The third-order valence-corrected chi connectivity index (χ3v) is 1.38. The van der Waals surface area contributed by atoms with Crippen molar-refractivity contribution in [3.05, 3.63) is 29.3 Å². The Kier molecular flexibility index (Phi) is 7.68. The number of carboxylic acid groups (broad SMARTS) is 1. The molecule has 0 aromatic carbocycles. The average Bonchev–Trinajstić information content (AvgIpc) is 2.09. The van der Waals surface area contributed by atoms with Gasteiger partial charge >= 0.3 is 5.97 Å². The molecule has 0 spiro atoms. The van der Waals surface area contributed by atoms with E-state index in [9.17, 15) is 4.79 Å². The summed E-state index contributed by atoms with van der Waals surface area (Å²) in [4.78, 5) is 10.1. The second-order valence-corrected chi connectivity index (χ2v) is 2.55. The van der Waals surface area contributed by atoms with Gasteiger partial charge < -0.3 is 5.11 Å². The lowest BCUT2D eigenvalue weighted by Gasteiger charge is -1.90. The lowest BCUT2D eigenvalue weighted by Crippen LogP contribution is -1.92. The van der Waals surface area contributed by atoms with E-state index >= 15 is 0 Å². The van der Waals surface area contributed by atoms with Crippen LogP contribution in [0.25, 0.3) is 0 Å². The Balaban J connectivity index is 3.52. The molecule has 0 aromatic heterocycles. The van der Waals surface area contributed by atoms with Gasteiger partial charge in [-0.3, -0.25) is 4.79 Å². The predicted octanol–water partition coefficient (Wildman–Crippen LogP) is 2.67. The van der Waals surface area contributed by atoms with Crippen LogP contribution in [0.3, 0.4) is 0 Å². The van der Waals surface area contributed by atoms with E-state index < -0.39 is 5.97 Å². The molecule has 0 aliphatic heterocycles. The van der Waals surface area contributed by atoms with E-state index in [0.29, 0.717) is 0 Å². The van der Waals surface area contributed by atoms with Crippen molar-refractivity contribution in [2.75, 3.05) is 0 Å². The van der Waals surface area contributed by atoms with Crippen LogP contribution in [-0.2, 0) is 4.79 Å². The first-order valence-corrected chi connectivity index (χ1v) is 4.34. The molecule has 0 aliphatic carbocycles. The van der Waals surface area contributed by atoms with Crippen molar-refractivity contribution >= 4 is 5.97 Å². The SMILES string of the molecule is CC=C=C=C=CCCCCC(=O)O. The van der Waals surface area contributed by atoms with E-state index in [0.717, 1.165) is 19.3 Å². The van der Waals surface area contributed by atoms with E-state index in [4.69, 9.17) is 5.11 Å². The van der Waals surface area contributed by atoms with Crippen molar-refractivity contribution in [2.45, 2.75) is 32.6 Å². The second kappa shape index (κ2) is 8.64. The molecule has 0 rings (SSSR count). The first kappa shape index (κ1) is 11.6. The van der Waals surface area contributed by atoms with Crippen LogP contribution in [0.15, 0.2) is 29.3 Å². The number of hydrogen-bond acceptors (Lipinski definition) is 1. The van der Waals surface area contributed by atoms with Crippen molar-refractivity contribution in [1.82, 2.24) is 0 Å². The maximum atomic E-state index is 10.1. The highest BCUT2D eigenvalue weighted by Crippen LogP contribution is 1.99. The van der Waals surface area contributed by atoms with Crippen molar-refractivity contribution in [2.24, 2.45) is 0 Å². The Bertz CT molecular complexity index is 270. The summed E-state index contributed by atoms with van der Waals surface area (Å²) >= 11 is 0. The van der Waals surface area contributed by atoms with Crippen LogP contribution in [0.5, 0.6) is 0 Å². The van der Waals surface area contributed by atoms with E-state index in [1.165, 1.54) is 0 Å². The zero-order chi connectivity index (χ0) is 9.94. The fourth-order valence-corrected chi connectivity index (χ4v) is 0.760. The Labute approximate surface area is 78.6 Å². The Hall–Kier alpha value is -1.45. The molecular formula is C11H14O2. The normalized spacial score (nSPS) is 7.77. The molecule has 0 radical (unpaired) electrons. The number of aliphatic carboxylic acids is 1. The molecule has 0 saturated carbocycles. The van der Waals surface area contributed by atoms with E-state index in [-0.39, 0.29) is 6.42 Å². The van der Waals surface area contributed by atoms with Gasteiger partial charge in [0, 0.05) is 6.42 Å². The molecule has 0 fully saturated rings. The van der Waals surface area contributed by atoms with Crippen molar-refractivity contribution in [3.63, 3.8) is 0 Å². The fraction of sp³-hybridized carbons (Fsp3) is 0.455. The minimum absolute atomic E-state index is 0.252. The number of carbonyl (C=O) groups is 1. The van der Waals surface area contributed by atoms with Crippen molar-refractivity contribution < 1.29 is 9.90 Å². The smallest absolute Gasteiger partial charge is 0.303 e. The number of hydrogen-bond donors (Lipinski definition) is 1. The molecule has 70 valence electrons. The van der Waals surface area contributed by atoms with Crippen LogP contribution < -0.4 is 0 Å². The van der Waals surface area contributed by atoms with Crippen LogP contribution in [0.2, 0.25) is 0 Å². The highest BCUT2D eigenvalue weighted by molar-refractivity contribution is 5.66. The summed E-state index contributed by atoms with van der Waals surface area (Å²) in [5.41, 5.74) is 8.26. The Morgan fingerprint density at radius 1 is 1.38 bits per heavy atom. The lowest BCUT2D eigenvalue weighted by atomic mass is 10.2. The third kappa shape index (κ3) is 10.6. The number of carboxylic acids is 1. The monoisotopic (exact) mass is 178 g/mol. The van der Waals surface area contributed by atoms with Crippen molar-refractivity contribution in [1.29, 1.82) is 0 Å². The van der Waals surface area contributed by atoms with Crippen LogP contribution >= 0.6 is 0 Å². The summed E-state index contributed by atoms with van der Waals surface area (Å²) in [5.74, 6) is -0.728. The first-order chi connectivity index (χ1) is 6.27. The molecule has 2 heteroatoms. The number of unbranched alkanes of at least 4 members (excludes halogenated alkanes) is 2. The topological polar surface area (TPSA) is 37.3 Å². The summed E-state index contributed by atoms with van der Waals surface area (Å²) in [7, 11) is 0. The maximum absolute atomic E-state index is 10.1. The van der Waals surface area contributed by atoms with Gasteiger partial charge in [0.25, 0.3) is 0 Å². The number of rotatable bonds is 5. The summed E-state index contributed by atoms with van der Waals surface area (Å²) < 4.78 is 0. The summed E-state index contributed by atoms with van der Waals surface area (Å²) in [6.45, 7) is 1.86. The molecule has 0 saturated heterocycles. The van der Waals surface area contributed by atoms with Gasteiger partial charge in [0.15, 0.2) is 0 Å². The van der Waals surface area contributed by atoms with Gasteiger partial charge in [0.1, 0.15) is 0 Å². The molecule has 0 unspecified atom stereocenters. The standard InChI is InChI=1S/C11H14O2/c1-2-3-4-5-6-7-8-9-10-11(12)13/h2,6H,7-10H2,1H3,(H,12,13). The first-order valence-electron chi connectivity index (χ1n) is 4.34.